The molecule has 7 nitrogen and oxygen atoms in total. The Balaban J connectivity index is 1.62. The van der Waals surface area contributed by atoms with Gasteiger partial charge in [-0.3, -0.25) is 9.52 Å². The number of ketones is 1. The Kier molecular flexibility index (Phi) is 5.43. The van der Waals surface area contributed by atoms with Crippen LogP contribution in [0.15, 0.2) is 29.4 Å². The first-order chi connectivity index (χ1) is 11.9. The quantitative estimate of drug-likeness (QED) is 0.611. The molecule has 134 valence electrons. The van der Waals surface area contributed by atoms with E-state index < -0.39 is 10.0 Å². The number of carbonyl (C=O) groups excluding carboxylic acids is 1. The standard InChI is InChI=1S/C16H20N4O3S2/c1-25(22,23)19-13-8-6-12(7-9-13)14(21)11-24-16-18-17-15-5-3-2-4-10-20(15)16/h6-9,19H,2-5,10-11H2,1H3. The van der Waals surface area contributed by atoms with E-state index in [-0.39, 0.29) is 11.5 Å². The van der Waals surface area contributed by atoms with Gasteiger partial charge < -0.3 is 4.57 Å². The first kappa shape index (κ1) is 17.9. The summed E-state index contributed by atoms with van der Waals surface area (Å²) < 4.78 is 26.9. The molecular weight excluding hydrogens is 360 g/mol. The zero-order chi connectivity index (χ0) is 17.9. The molecule has 0 bridgehead atoms. The number of thioether (sulfide) groups is 1. The molecule has 0 fully saturated rings. The predicted octanol–water partition coefficient (Wildman–Crippen LogP) is 2.35. The van der Waals surface area contributed by atoms with Gasteiger partial charge in [0.2, 0.25) is 10.0 Å². The highest BCUT2D eigenvalue weighted by atomic mass is 32.2. The summed E-state index contributed by atoms with van der Waals surface area (Å²) in [4.78, 5) is 12.4. The Bertz CT molecular complexity index is 860. The highest BCUT2D eigenvalue weighted by Gasteiger charge is 2.16. The van der Waals surface area contributed by atoms with Crippen LogP contribution in [-0.4, -0.2) is 41.0 Å². The van der Waals surface area contributed by atoms with E-state index in [2.05, 4.69) is 19.5 Å². The topological polar surface area (TPSA) is 93.9 Å². The molecule has 0 saturated carbocycles. The summed E-state index contributed by atoms with van der Waals surface area (Å²) >= 11 is 1.40. The zero-order valence-corrected chi connectivity index (χ0v) is 15.6. The zero-order valence-electron chi connectivity index (χ0n) is 13.9. The van der Waals surface area contributed by atoms with Crippen LogP contribution in [0.25, 0.3) is 0 Å². The van der Waals surface area contributed by atoms with Crippen LogP contribution < -0.4 is 4.72 Å². The minimum absolute atomic E-state index is 0.0260. The summed E-state index contributed by atoms with van der Waals surface area (Å²) in [7, 11) is -3.32. The van der Waals surface area contributed by atoms with Gasteiger partial charge >= 0.3 is 0 Å². The van der Waals surface area contributed by atoms with Gasteiger partial charge in [-0.25, -0.2) is 8.42 Å². The van der Waals surface area contributed by atoms with E-state index in [1.54, 1.807) is 24.3 Å². The van der Waals surface area contributed by atoms with Crippen molar-refractivity contribution < 1.29 is 13.2 Å². The fraction of sp³-hybridized carbons (Fsp3) is 0.438. The number of benzene rings is 1. The van der Waals surface area contributed by atoms with Crippen LogP contribution >= 0.6 is 11.8 Å². The molecule has 1 aromatic heterocycles. The number of anilines is 1. The molecule has 2 aromatic rings. The SMILES string of the molecule is CS(=O)(=O)Nc1ccc(C(=O)CSc2nnc3n2CCCCC3)cc1. The van der Waals surface area contributed by atoms with E-state index >= 15 is 0 Å². The van der Waals surface area contributed by atoms with E-state index in [9.17, 15) is 13.2 Å². The van der Waals surface area contributed by atoms with Crippen molar-refractivity contribution in [3.8, 4) is 0 Å². The molecule has 0 amide bonds. The van der Waals surface area contributed by atoms with Crippen LogP contribution in [0.1, 0.15) is 35.4 Å². The van der Waals surface area contributed by atoms with Gasteiger partial charge in [0.05, 0.1) is 12.0 Å². The van der Waals surface area contributed by atoms with Gasteiger partial charge in [0.15, 0.2) is 10.9 Å². The first-order valence-corrected chi connectivity index (χ1v) is 11.0. The number of hydrogen-bond donors (Lipinski definition) is 1. The molecule has 0 saturated heterocycles. The van der Waals surface area contributed by atoms with Crippen LogP contribution in [0.2, 0.25) is 0 Å². The molecule has 1 N–H and O–H groups in total. The Morgan fingerprint density at radius 2 is 1.96 bits per heavy atom. The third-order valence-electron chi connectivity index (χ3n) is 3.92. The van der Waals surface area contributed by atoms with Crippen molar-refractivity contribution in [3.05, 3.63) is 35.7 Å². The Labute approximate surface area is 151 Å². The van der Waals surface area contributed by atoms with Crippen molar-refractivity contribution in [2.45, 2.75) is 37.4 Å². The maximum Gasteiger partial charge on any atom is 0.229 e. The van der Waals surface area contributed by atoms with Gasteiger partial charge in [0.1, 0.15) is 5.82 Å². The molecule has 2 heterocycles. The molecule has 0 spiro atoms. The lowest BCUT2D eigenvalue weighted by atomic mass is 10.1. The third kappa shape index (κ3) is 4.82. The molecule has 25 heavy (non-hydrogen) atoms. The van der Waals surface area contributed by atoms with Crippen LogP contribution in [0.3, 0.4) is 0 Å². The summed E-state index contributed by atoms with van der Waals surface area (Å²) in [5.41, 5.74) is 0.983. The number of Topliss-reactive ketones (excluding diaryl/α,β-unsaturated/α-hetero) is 1. The smallest absolute Gasteiger partial charge is 0.229 e. The molecule has 0 aliphatic carbocycles. The largest absolute Gasteiger partial charge is 0.306 e. The van der Waals surface area contributed by atoms with Gasteiger partial charge in [-0.1, -0.05) is 18.2 Å². The number of nitrogens with one attached hydrogen (secondary N) is 1. The number of aromatic nitrogens is 3. The molecule has 3 rings (SSSR count). The second-order valence-corrected chi connectivity index (χ2v) is 8.72. The van der Waals surface area contributed by atoms with E-state index in [1.807, 2.05) is 0 Å². The Morgan fingerprint density at radius 1 is 1.20 bits per heavy atom. The average molecular weight is 380 g/mol. The second kappa shape index (κ2) is 7.57. The fourth-order valence-electron chi connectivity index (χ4n) is 2.72. The maximum atomic E-state index is 12.4. The molecule has 0 atom stereocenters. The molecule has 1 aliphatic rings. The van der Waals surface area contributed by atoms with Crippen LogP contribution in [0.4, 0.5) is 5.69 Å². The second-order valence-electron chi connectivity index (χ2n) is 6.02. The Morgan fingerprint density at radius 3 is 2.68 bits per heavy atom. The molecule has 1 aromatic carbocycles. The summed E-state index contributed by atoms with van der Waals surface area (Å²) in [6, 6.07) is 6.42. The minimum atomic E-state index is -3.32. The minimum Gasteiger partial charge on any atom is -0.306 e. The number of hydrogen-bond acceptors (Lipinski definition) is 6. The van der Waals surface area contributed by atoms with Crippen LogP contribution in [0.5, 0.6) is 0 Å². The van der Waals surface area contributed by atoms with Gasteiger partial charge in [0, 0.05) is 24.2 Å². The van der Waals surface area contributed by atoms with Crippen molar-refractivity contribution >= 4 is 33.3 Å². The average Bonchev–Trinajstić information content (AvgIpc) is 2.78. The van der Waals surface area contributed by atoms with Crippen LogP contribution in [0, 0.1) is 0 Å². The summed E-state index contributed by atoms with van der Waals surface area (Å²) in [6.07, 6.45) is 5.47. The van der Waals surface area contributed by atoms with E-state index in [4.69, 9.17) is 0 Å². The highest BCUT2D eigenvalue weighted by Crippen LogP contribution is 2.23. The Hall–Kier alpha value is -1.87. The molecule has 0 radical (unpaired) electrons. The number of sulfonamides is 1. The van der Waals surface area contributed by atoms with Gasteiger partial charge in [-0.05, 0) is 37.1 Å². The molecule has 1 aliphatic heterocycles. The van der Waals surface area contributed by atoms with Gasteiger partial charge in [-0.2, -0.15) is 0 Å². The van der Waals surface area contributed by atoms with Crippen molar-refractivity contribution in [2.24, 2.45) is 0 Å². The highest BCUT2D eigenvalue weighted by molar-refractivity contribution is 7.99. The van der Waals surface area contributed by atoms with Crippen molar-refractivity contribution in [1.82, 2.24) is 14.8 Å². The fourth-order valence-corrected chi connectivity index (χ4v) is 4.16. The third-order valence-corrected chi connectivity index (χ3v) is 5.49. The number of aryl methyl sites for hydroxylation is 1. The predicted molar refractivity (Wildman–Crippen MR) is 97.5 cm³/mol. The van der Waals surface area contributed by atoms with Gasteiger partial charge in [0.25, 0.3) is 0 Å². The monoisotopic (exact) mass is 380 g/mol. The summed E-state index contributed by atoms with van der Waals surface area (Å²) in [5.74, 6) is 1.25. The lowest BCUT2D eigenvalue weighted by Gasteiger charge is -2.07. The number of rotatable bonds is 6. The summed E-state index contributed by atoms with van der Waals surface area (Å²) in [5, 5.41) is 9.23. The summed E-state index contributed by atoms with van der Waals surface area (Å²) in [6.45, 7) is 0.907. The van der Waals surface area contributed by atoms with Gasteiger partial charge in [-0.15, -0.1) is 10.2 Å². The molecule has 9 heteroatoms. The maximum absolute atomic E-state index is 12.4. The van der Waals surface area contributed by atoms with Crippen molar-refractivity contribution in [3.63, 3.8) is 0 Å². The number of nitrogens with zero attached hydrogens (tertiary/aromatic N) is 3. The number of fused-ring (bicyclic) bond motifs is 1. The van der Waals surface area contributed by atoms with E-state index in [0.29, 0.717) is 11.3 Å². The van der Waals surface area contributed by atoms with E-state index in [0.717, 1.165) is 43.0 Å². The van der Waals surface area contributed by atoms with Crippen LogP contribution in [-0.2, 0) is 23.0 Å². The van der Waals surface area contributed by atoms with Crippen molar-refractivity contribution in [2.75, 3.05) is 16.7 Å². The molecular formula is C16H20N4O3S2. The first-order valence-electron chi connectivity index (χ1n) is 8.08. The lowest BCUT2D eigenvalue weighted by Crippen LogP contribution is -2.10. The normalized spacial score (nSPS) is 14.6. The van der Waals surface area contributed by atoms with E-state index in [1.165, 1.54) is 18.2 Å². The van der Waals surface area contributed by atoms with Crippen molar-refractivity contribution in [1.29, 1.82) is 0 Å². The molecule has 0 unspecified atom stereocenters. The lowest BCUT2D eigenvalue weighted by molar-refractivity contribution is 0.102. The number of carbonyl (C=O) groups is 1.